The molecule has 4 nitrogen and oxygen atoms in total. The van der Waals surface area contributed by atoms with Crippen LogP contribution in [-0.2, 0) is 4.74 Å². The van der Waals surface area contributed by atoms with E-state index in [0.29, 0.717) is 24.0 Å². The van der Waals surface area contributed by atoms with E-state index < -0.39 is 0 Å². The van der Waals surface area contributed by atoms with Crippen LogP contribution in [0.2, 0.25) is 0 Å². The topological polar surface area (TPSA) is 36.5 Å². The molecule has 5 heteroatoms. The molecule has 136 valence electrons. The molecule has 0 spiro atoms. The van der Waals surface area contributed by atoms with Crippen LogP contribution in [-0.4, -0.2) is 56.4 Å². The molecule has 1 aromatic rings. The molecule has 0 bridgehead atoms. The van der Waals surface area contributed by atoms with Crippen molar-refractivity contribution in [3.05, 3.63) is 22.4 Å². The van der Waals surface area contributed by atoms with Gasteiger partial charge in [0, 0.05) is 31.2 Å². The number of rotatable bonds is 8. The highest BCUT2D eigenvalue weighted by atomic mass is 32.1. The smallest absolute Gasteiger partial charge is 0.0623 e. The fourth-order valence-electron chi connectivity index (χ4n) is 4.43. The molecule has 3 rings (SSSR count). The van der Waals surface area contributed by atoms with E-state index in [1.807, 2.05) is 0 Å². The van der Waals surface area contributed by atoms with Gasteiger partial charge >= 0.3 is 0 Å². The second-order valence-corrected chi connectivity index (χ2v) is 7.82. The summed E-state index contributed by atoms with van der Waals surface area (Å²) >= 11 is 1.81. The van der Waals surface area contributed by atoms with E-state index in [1.165, 1.54) is 24.8 Å². The molecule has 0 aromatic carbocycles. The van der Waals surface area contributed by atoms with Crippen LogP contribution >= 0.6 is 11.3 Å². The minimum atomic E-state index is 0.489. The van der Waals surface area contributed by atoms with Crippen LogP contribution in [0, 0.1) is 5.92 Å². The molecule has 1 aliphatic carbocycles. The van der Waals surface area contributed by atoms with Crippen LogP contribution in [0.15, 0.2) is 16.8 Å². The Hall–Kier alpha value is -0.460. The third-order valence-corrected chi connectivity index (χ3v) is 6.49. The number of nitrogens with one attached hydrogen (secondary N) is 2. The maximum absolute atomic E-state index is 5.70. The minimum absolute atomic E-state index is 0.489. The van der Waals surface area contributed by atoms with Gasteiger partial charge in [0.1, 0.15) is 0 Å². The molecular weight excluding hydrogens is 318 g/mol. The van der Waals surface area contributed by atoms with Crippen LogP contribution in [0.1, 0.15) is 44.7 Å². The lowest BCUT2D eigenvalue weighted by Crippen LogP contribution is -2.51. The summed E-state index contributed by atoms with van der Waals surface area (Å²) in [4.78, 5) is 2.57. The first-order valence-corrected chi connectivity index (χ1v) is 10.6. The Morgan fingerprint density at radius 3 is 2.92 bits per heavy atom. The summed E-state index contributed by atoms with van der Waals surface area (Å²) in [5.74, 6) is 0.713. The van der Waals surface area contributed by atoms with Gasteiger partial charge in [-0.15, -0.1) is 0 Å². The number of hydrogen-bond acceptors (Lipinski definition) is 5. The van der Waals surface area contributed by atoms with Crippen molar-refractivity contribution < 1.29 is 4.74 Å². The van der Waals surface area contributed by atoms with E-state index in [4.69, 9.17) is 4.74 Å². The first-order chi connectivity index (χ1) is 11.8. The van der Waals surface area contributed by atoms with Gasteiger partial charge in [0.05, 0.1) is 13.2 Å². The van der Waals surface area contributed by atoms with Crippen molar-refractivity contribution in [3.63, 3.8) is 0 Å². The molecule has 1 aromatic heterocycles. The van der Waals surface area contributed by atoms with E-state index >= 15 is 0 Å². The molecule has 1 aliphatic heterocycles. The third-order valence-electron chi connectivity index (χ3n) is 5.79. The van der Waals surface area contributed by atoms with Gasteiger partial charge in [0.15, 0.2) is 0 Å². The van der Waals surface area contributed by atoms with E-state index in [9.17, 15) is 0 Å². The average Bonchev–Trinajstić information content (AvgIpc) is 3.31. The van der Waals surface area contributed by atoms with Gasteiger partial charge in [-0.25, -0.2) is 0 Å². The SMILES string of the molecule is CCN(CC)C(CNC1CCCC1C1COCCN1)c1ccsc1. The zero-order chi connectivity index (χ0) is 16.8. The normalized spacial score (nSPS) is 29.2. The van der Waals surface area contributed by atoms with Gasteiger partial charge in [-0.3, -0.25) is 4.90 Å². The third kappa shape index (κ3) is 4.38. The molecule has 4 atom stereocenters. The zero-order valence-corrected chi connectivity index (χ0v) is 16.0. The van der Waals surface area contributed by atoms with Crippen LogP contribution in [0.5, 0.6) is 0 Å². The zero-order valence-electron chi connectivity index (χ0n) is 15.2. The van der Waals surface area contributed by atoms with Gasteiger partial charge in [-0.05, 0) is 54.2 Å². The molecule has 2 fully saturated rings. The number of hydrogen-bond donors (Lipinski definition) is 2. The second kappa shape index (κ2) is 9.30. The average molecular weight is 352 g/mol. The molecule has 1 saturated carbocycles. The highest BCUT2D eigenvalue weighted by Gasteiger charge is 2.35. The molecule has 24 heavy (non-hydrogen) atoms. The van der Waals surface area contributed by atoms with Crippen LogP contribution in [0.25, 0.3) is 0 Å². The summed E-state index contributed by atoms with van der Waals surface area (Å²) in [6.07, 6.45) is 3.97. The summed E-state index contributed by atoms with van der Waals surface area (Å²) < 4.78 is 5.70. The summed E-state index contributed by atoms with van der Waals surface area (Å²) in [6, 6.07) is 3.94. The molecule has 1 saturated heterocycles. The highest BCUT2D eigenvalue weighted by molar-refractivity contribution is 7.07. The van der Waals surface area contributed by atoms with Crippen molar-refractivity contribution in [3.8, 4) is 0 Å². The van der Waals surface area contributed by atoms with Crippen LogP contribution < -0.4 is 10.6 Å². The molecular formula is C19H33N3OS. The Kier molecular flexibility index (Phi) is 7.10. The molecule has 4 unspecified atom stereocenters. The minimum Gasteiger partial charge on any atom is -0.379 e. The van der Waals surface area contributed by atoms with Gasteiger partial charge in [0.2, 0.25) is 0 Å². The number of morpholine rings is 1. The Bertz CT molecular complexity index is 457. The Morgan fingerprint density at radius 1 is 1.38 bits per heavy atom. The summed E-state index contributed by atoms with van der Waals surface area (Å²) in [6.45, 7) is 10.5. The highest BCUT2D eigenvalue weighted by Crippen LogP contribution is 2.30. The summed E-state index contributed by atoms with van der Waals surface area (Å²) in [5, 5.41) is 12.1. The summed E-state index contributed by atoms with van der Waals surface area (Å²) in [7, 11) is 0. The Morgan fingerprint density at radius 2 is 2.25 bits per heavy atom. The molecule has 2 N–H and O–H groups in total. The fourth-order valence-corrected chi connectivity index (χ4v) is 5.14. The molecule has 2 aliphatic rings. The first kappa shape index (κ1) is 18.3. The van der Waals surface area contributed by atoms with E-state index in [-0.39, 0.29) is 0 Å². The van der Waals surface area contributed by atoms with Gasteiger partial charge in [-0.2, -0.15) is 11.3 Å². The maximum atomic E-state index is 5.70. The van der Waals surface area contributed by atoms with Crippen molar-refractivity contribution in [1.29, 1.82) is 0 Å². The number of thiophene rings is 1. The van der Waals surface area contributed by atoms with Gasteiger partial charge in [-0.1, -0.05) is 20.3 Å². The van der Waals surface area contributed by atoms with Crippen molar-refractivity contribution in [2.75, 3.05) is 39.4 Å². The maximum Gasteiger partial charge on any atom is 0.0623 e. The Balaban J connectivity index is 1.60. The van der Waals surface area contributed by atoms with Crippen molar-refractivity contribution in [2.45, 2.75) is 51.2 Å². The van der Waals surface area contributed by atoms with Crippen molar-refractivity contribution in [1.82, 2.24) is 15.5 Å². The molecule has 0 radical (unpaired) electrons. The lowest BCUT2D eigenvalue weighted by atomic mass is 9.93. The lowest BCUT2D eigenvalue weighted by molar-refractivity contribution is 0.0518. The van der Waals surface area contributed by atoms with Crippen LogP contribution in [0.4, 0.5) is 0 Å². The Labute approximate surface area is 151 Å². The number of likely N-dealkylation sites (N-methyl/N-ethyl adjacent to an activating group) is 1. The molecule has 0 amide bonds. The van der Waals surface area contributed by atoms with Gasteiger partial charge < -0.3 is 15.4 Å². The quantitative estimate of drug-likeness (QED) is 0.755. The van der Waals surface area contributed by atoms with E-state index in [1.54, 1.807) is 11.3 Å². The van der Waals surface area contributed by atoms with Crippen LogP contribution in [0.3, 0.4) is 0 Å². The predicted molar refractivity (Wildman–Crippen MR) is 102 cm³/mol. The standard InChI is InChI=1S/C19H33N3OS/c1-3-22(4-2)19(15-8-11-24-14-15)12-21-17-7-5-6-16(17)18-13-23-10-9-20-18/h8,11,14,16-21H,3-7,9-10,12-13H2,1-2H3. The monoisotopic (exact) mass is 351 g/mol. The molecule has 2 heterocycles. The fraction of sp³-hybridized carbons (Fsp3) is 0.789. The lowest BCUT2D eigenvalue weighted by Gasteiger charge is -2.35. The largest absolute Gasteiger partial charge is 0.379 e. The van der Waals surface area contributed by atoms with Crippen molar-refractivity contribution >= 4 is 11.3 Å². The number of ether oxygens (including phenoxy) is 1. The number of nitrogens with zero attached hydrogens (tertiary/aromatic N) is 1. The second-order valence-electron chi connectivity index (χ2n) is 7.04. The van der Waals surface area contributed by atoms with Gasteiger partial charge in [0.25, 0.3) is 0 Å². The summed E-state index contributed by atoms with van der Waals surface area (Å²) in [5.41, 5.74) is 1.46. The van der Waals surface area contributed by atoms with E-state index in [2.05, 4.69) is 46.2 Å². The van der Waals surface area contributed by atoms with E-state index in [0.717, 1.165) is 39.4 Å². The first-order valence-electron chi connectivity index (χ1n) is 9.64. The van der Waals surface area contributed by atoms with Crippen molar-refractivity contribution in [2.24, 2.45) is 5.92 Å². The predicted octanol–water partition coefficient (Wildman–Crippen LogP) is 2.88.